The van der Waals surface area contributed by atoms with Gasteiger partial charge in [-0.05, 0) is 29.7 Å². The molecule has 1 amide bonds. The molecule has 2 heterocycles. The molecule has 0 saturated carbocycles. The largest absolute Gasteiger partial charge is 0.496 e. The maximum absolute atomic E-state index is 14.1. The number of nitrogens with zero attached hydrogens (tertiary/aromatic N) is 1. The van der Waals surface area contributed by atoms with E-state index in [4.69, 9.17) is 4.74 Å². The number of ether oxygens (including phenoxy) is 1. The van der Waals surface area contributed by atoms with Gasteiger partial charge in [0.15, 0.2) is 11.6 Å². The average Bonchev–Trinajstić information content (AvgIpc) is 2.56. The fourth-order valence-corrected chi connectivity index (χ4v) is 2.70. The molecule has 0 atom stereocenters. The fourth-order valence-electron chi connectivity index (χ4n) is 2.70. The molecule has 0 unspecified atom stereocenters. The number of pyridine rings is 1. The highest BCUT2D eigenvalue weighted by Gasteiger charge is 2.28. The Bertz CT molecular complexity index is 833. The van der Waals surface area contributed by atoms with Gasteiger partial charge in [0.25, 0.3) is 5.91 Å². The van der Waals surface area contributed by atoms with E-state index in [1.165, 1.54) is 30.3 Å². The molecule has 0 spiro atoms. The van der Waals surface area contributed by atoms with Gasteiger partial charge in [0.2, 0.25) is 5.56 Å². The third kappa shape index (κ3) is 2.69. The van der Waals surface area contributed by atoms with Crippen molar-refractivity contribution in [3.63, 3.8) is 0 Å². The van der Waals surface area contributed by atoms with Gasteiger partial charge in [-0.1, -0.05) is 0 Å². The van der Waals surface area contributed by atoms with Gasteiger partial charge in [-0.15, -0.1) is 0 Å². The first-order valence-corrected chi connectivity index (χ1v) is 7.03. The predicted molar refractivity (Wildman–Crippen MR) is 78.4 cm³/mol. The third-order valence-corrected chi connectivity index (χ3v) is 3.90. The number of benzene rings is 1. The van der Waals surface area contributed by atoms with Crippen LogP contribution >= 0.6 is 0 Å². The minimum Gasteiger partial charge on any atom is -0.496 e. The van der Waals surface area contributed by atoms with Crippen molar-refractivity contribution in [1.29, 1.82) is 0 Å². The number of hydrogen-bond acceptors (Lipinski definition) is 3. The van der Waals surface area contributed by atoms with Crippen molar-refractivity contribution in [1.82, 2.24) is 9.88 Å². The maximum Gasteiger partial charge on any atom is 0.261 e. The highest BCUT2D eigenvalue weighted by atomic mass is 19.2. The Morgan fingerprint density at radius 3 is 2.83 bits per heavy atom. The molecule has 0 aliphatic carbocycles. The molecule has 7 heteroatoms. The van der Waals surface area contributed by atoms with Crippen LogP contribution in [-0.4, -0.2) is 29.4 Å². The molecule has 0 bridgehead atoms. The quantitative estimate of drug-likeness (QED) is 0.919. The minimum absolute atomic E-state index is 0.0128. The van der Waals surface area contributed by atoms with Crippen molar-refractivity contribution in [2.45, 2.75) is 13.0 Å². The van der Waals surface area contributed by atoms with Crippen LogP contribution in [0, 0.1) is 11.6 Å². The standard InChI is InChI=1S/C16H14F2N2O3/c1-23-12-3-2-11(17)15(18)14(12)16(22)20-5-4-9-6-13(21)19-7-10(9)8-20/h2-3,6-7H,4-5,8H2,1H3,(H,19,21). The number of methoxy groups -OCH3 is 1. The second-order valence-corrected chi connectivity index (χ2v) is 5.26. The van der Waals surface area contributed by atoms with Gasteiger partial charge < -0.3 is 14.6 Å². The lowest BCUT2D eigenvalue weighted by molar-refractivity contribution is 0.0724. The zero-order valence-electron chi connectivity index (χ0n) is 12.4. The van der Waals surface area contributed by atoms with Gasteiger partial charge in [0.05, 0.1) is 7.11 Å². The number of nitrogens with one attached hydrogen (secondary N) is 1. The van der Waals surface area contributed by atoms with Gasteiger partial charge in [0.1, 0.15) is 11.3 Å². The first-order valence-electron chi connectivity index (χ1n) is 7.03. The van der Waals surface area contributed by atoms with Crippen molar-refractivity contribution in [3.05, 3.63) is 63.1 Å². The topological polar surface area (TPSA) is 62.4 Å². The number of fused-ring (bicyclic) bond motifs is 1. The van der Waals surface area contributed by atoms with Crippen molar-refractivity contribution in [2.24, 2.45) is 0 Å². The van der Waals surface area contributed by atoms with Crippen LogP contribution < -0.4 is 10.3 Å². The van der Waals surface area contributed by atoms with Crippen molar-refractivity contribution in [2.75, 3.05) is 13.7 Å². The lowest BCUT2D eigenvalue weighted by Gasteiger charge is -2.29. The Hall–Kier alpha value is -2.70. The summed E-state index contributed by atoms with van der Waals surface area (Å²) in [6.45, 7) is 0.526. The molecule has 3 rings (SSSR count). The van der Waals surface area contributed by atoms with Gasteiger partial charge in [-0.3, -0.25) is 9.59 Å². The SMILES string of the molecule is COc1ccc(F)c(F)c1C(=O)N1CCc2cc(=O)[nH]cc2C1. The van der Waals surface area contributed by atoms with Crippen LogP contribution in [0.15, 0.2) is 29.2 Å². The Balaban J connectivity index is 1.95. The summed E-state index contributed by atoms with van der Waals surface area (Å²) in [5.74, 6) is -2.98. The smallest absolute Gasteiger partial charge is 0.261 e. The van der Waals surface area contributed by atoms with Crippen LogP contribution in [0.25, 0.3) is 0 Å². The van der Waals surface area contributed by atoms with Crippen LogP contribution in [0.2, 0.25) is 0 Å². The maximum atomic E-state index is 14.1. The van der Waals surface area contributed by atoms with Gasteiger partial charge in [0, 0.05) is 25.4 Å². The van der Waals surface area contributed by atoms with Gasteiger partial charge in [-0.2, -0.15) is 0 Å². The number of carbonyl (C=O) groups excluding carboxylic acids is 1. The normalized spacial score (nSPS) is 13.6. The number of halogens is 2. The number of rotatable bonds is 2. The first-order chi connectivity index (χ1) is 11.0. The number of H-pyrrole nitrogens is 1. The molecule has 0 fully saturated rings. The molecule has 2 aromatic rings. The molecule has 0 saturated heterocycles. The number of aromatic nitrogens is 1. The average molecular weight is 320 g/mol. The van der Waals surface area contributed by atoms with Crippen LogP contribution in [-0.2, 0) is 13.0 Å². The van der Waals surface area contributed by atoms with Crippen LogP contribution in [0.4, 0.5) is 8.78 Å². The van der Waals surface area contributed by atoms with Crippen molar-refractivity contribution in [3.8, 4) is 5.75 Å². The van der Waals surface area contributed by atoms with E-state index in [0.29, 0.717) is 13.0 Å². The summed E-state index contributed by atoms with van der Waals surface area (Å²) in [5, 5.41) is 0. The van der Waals surface area contributed by atoms with E-state index in [-0.39, 0.29) is 17.9 Å². The van der Waals surface area contributed by atoms with Crippen molar-refractivity contribution >= 4 is 5.91 Å². The van der Waals surface area contributed by atoms with E-state index >= 15 is 0 Å². The number of carbonyl (C=O) groups is 1. The van der Waals surface area contributed by atoms with Crippen LogP contribution in [0.5, 0.6) is 5.75 Å². The molecule has 23 heavy (non-hydrogen) atoms. The number of aromatic amines is 1. The number of amides is 1. The molecule has 0 radical (unpaired) electrons. The Labute approximate surface area is 130 Å². The molecule has 1 aromatic heterocycles. The molecule has 1 N–H and O–H groups in total. The van der Waals surface area contributed by atoms with Crippen LogP contribution in [0.3, 0.4) is 0 Å². The van der Waals surface area contributed by atoms with E-state index in [0.717, 1.165) is 17.2 Å². The molecule has 1 aromatic carbocycles. The number of hydrogen-bond donors (Lipinski definition) is 1. The Morgan fingerprint density at radius 1 is 1.30 bits per heavy atom. The second-order valence-electron chi connectivity index (χ2n) is 5.26. The highest BCUT2D eigenvalue weighted by molar-refractivity contribution is 5.97. The van der Waals surface area contributed by atoms with E-state index < -0.39 is 23.1 Å². The fraction of sp³-hybridized carbons (Fsp3) is 0.250. The minimum atomic E-state index is -1.22. The second kappa shape index (κ2) is 5.83. The molecule has 120 valence electrons. The van der Waals surface area contributed by atoms with E-state index in [9.17, 15) is 18.4 Å². The zero-order valence-corrected chi connectivity index (χ0v) is 12.4. The molecule has 5 nitrogen and oxygen atoms in total. The molecule has 1 aliphatic rings. The zero-order chi connectivity index (χ0) is 16.6. The molecule has 1 aliphatic heterocycles. The summed E-state index contributed by atoms with van der Waals surface area (Å²) in [6.07, 6.45) is 2.01. The van der Waals surface area contributed by atoms with E-state index in [1.54, 1.807) is 0 Å². The highest BCUT2D eigenvalue weighted by Crippen LogP contribution is 2.27. The summed E-state index contributed by atoms with van der Waals surface area (Å²) in [6, 6.07) is 3.63. The lowest BCUT2D eigenvalue weighted by Crippen LogP contribution is -2.37. The summed E-state index contributed by atoms with van der Waals surface area (Å²) < 4.78 is 32.5. The lowest BCUT2D eigenvalue weighted by atomic mass is 10.0. The summed E-state index contributed by atoms with van der Waals surface area (Å²) in [7, 11) is 1.29. The Kier molecular flexibility index (Phi) is 3.85. The predicted octanol–water partition coefficient (Wildman–Crippen LogP) is 1.86. The summed E-state index contributed by atoms with van der Waals surface area (Å²) in [5.41, 5.74) is 1.01. The van der Waals surface area contributed by atoms with Gasteiger partial charge >= 0.3 is 0 Å². The Morgan fingerprint density at radius 2 is 2.09 bits per heavy atom. The van der Waals surface area contributed by atoms with Crippen molar-refractivity contribution < 1.29 is 18.3 Å². The molecular weight excluding hydrogens is 306 g/mol. The van der Waals surface area contributed by atoms with E-state index in [1.807, 2.05) is 0 Å². The van der Waals surface area contributed by atoms with E-state index in [2.05, 4.69) is 4.98 Å². The first kappa shape index (κ1) is 15.2. The van der Waals surface area contributed by atoms with Gasteiger partial charge in [-0.25, -0.2) is 8.78 Å². The van der Waals surface area contributed by atoms with Crippen LogP contribution in [0.1, 0.15) is 21.5 Å². The summed E-state index contributed by atoms with van der Waals surface area (Å²) >= 11 is 0. The summed E-state index contributed by atoms with van der Waals surface area (Å²) in [4.78, 5) is 27.8. The molecular formula is C16H14F2N2O3. The monoisotopic (exact) mass is 320 g/mol. The third-order valence-electron chi connectivity index (χ3n) is 3.90.